The van der Waals surface area contributed by atoms with Gasteiger partial charge in [-0.1, -0.05) is 0 Å². The number of aliphatic hydroxyl groups is 2. The molecule has 10 heteroatoms. The van der Waals surface area contributed by atoms with E-state index in [4.69, 9.17) is 14.2 Å². The van der Waals surface area contributed by atoms with Gasteiger partial charge >= 0.3 is 0 Å². The van der Waals surface area contributed by atoms with Crippen LogP contribution in [0.4, 0.5) is 8.78 Å². The second-order valence-electron chi connectivity index (χ2n) is 9.06. The van der Waals surface area contributed by atoms with E-state index in [9.17, 15) is 23.8 Å². The molecule has 3 aromatic rings. The van der Waals surface area contributed by atoms with E-state index in [1.54, 1.807) is 19.4 Å². The predicted molar refractivity (Wildman–Crippen MR) is 137 cm³/mol. The fourth-order valence-corrected chi connectivity index (χ4v) is 4.39. The number of halogens is 2. The van der Waals surface area contributed by atoms with E-state index in [1.807, 2.05) is 18.2 Å². The van der Waals surface area contributed by atoms with Gasteiger partial charge in [0.25, 0.3) is 0 Å². The lowest BCUT2D eigenvalue weighted by molar-refractivity contribution is -0.126. The smallest absolute Gasteiger partial charge is 0.244 e. The summed E-state index contributed by atoms with van der Waals surface area (Å²) in [7, 11) is 1.58. The Bertz CT molecular complexity index is 1290. The maximum Gasteiger partial charge on any atom is 0.244 e. The Morgan fingerprint density at radius 1 is 1.24 bits per heavy atom. The summed E-state index contributed by atoms with van der Waals surface area (Å²) in [5.74, 6) is -0.483. The van der Waals surface area contributed by atoms with E-state index in [0.717, 1.165) is 35.2 Å². The van der Waals surface area contributed by atoms with Gasteiger partial charge in [-0.25, -0.2) is 8.78 Å². The van der Waals surface area contributed by atoms with Gasteiger partial charge in [-0.05, 0) is 61.4 Å². The number of pyridine rings is 1. The highest BCUT2D eigenvalue weighted by Gasteiger charge is 2.33. The van der Waals surface area contributed by atoms with Crippen molar-refractivity contribution in [3.63, 3.8) is 0 Å². The highest BCUT2D eigenvalue weighted by molar-refractivity contribution is 5.92. The van der Waals surface area contributed by atoms with Crippen molar-refractivity contribution in [2.24, 2.45) is 0 Å². The molecule has 8 nitrogen and oxygen atoms in total. The number of hydrogen-bond donors (Lipinski definition) is 3. The normalized spacial score (nSPS) is 20.4. The first-order chi connectivity index (χ1) is 18.4. The number of methoxy groups -OCH3 is 1. The Morgan fingerprint density at radius 3 is 2.87 bits per heavy atom. The summed E-state index contributed by atoms with van der Waals surface area (Å²) in [4.78, 5) is 16.9. The highest BCUT2D eigenvalue weighted by Crippen LogP contribution is 2.29. The van der Waals surface area contributed by atoms with E-state index < -0.39 is 42.4 Å². The SMILES string of the molecule is COc1ccc2nccc(OC[C@@H]3CC[C@@H](NC(=O)C=Cc4cc(F)ccc4F)[C@@H](CC(O)CO)O3)c2c1. The maximum atomic E-state index is 13.8. The van der Waals surface area contributed by atoms with Crippen LogP contribution in [0.1, 0.15) is 24.8 Å². The Hall–Kier alpha value is -3.60. The molecule has 0 bridgehead atoms. The predicted octanol–water partition coefficient (Wildman–Crippen LogP) is 3.39. The quantitative estimate of drug-likeness (QED) is 0.346. The second kappa shape index (κ2) is 12.8. The number of hydrogen-bond acceptors (Lipinski definition) is 7. The van der Waals surface area contributed by atoms with Gasteiger partial charge in [0.15, 0.2) is 0 Å². The molecule has 0 spiro atoms. The number of carbonyl (C=O) groups is 1. The largest absolute Gasteiger partial charge is 0.497 e. The van der Waals surface area contributed by atoms with E-state index >= 15 is 0 Å². The number of carbonyl (C=O) groups excluding carboxylic acids is 1. The Morgan fingerprint density at radius 2 is 2.08 bits per heavy atom. The third kappa shape index (κ3) is 7.03. The first kappa shape index (κ1) is 27.4. The second-order valence-corrected chi connectivity index (χ2v) is 9.06. The molecule has 1 aliphatic rings. The molecule has 0 aliphatic carbocycles. The monoisotopic (exact) mass is 528 g/mol. The number of benzene rings is 2. The Labute approximate surface area is 218 Å². The zero-order chi connectivity index (χ0) is 27.1. The molecule has 38 heavy (non-hydrogen) atoms. The van der Waals surface area contributed by atoms with E-state index in [-0.39, 0.29) is 24.7 Å². The van der Waals surface area contributed by atoms with Crippen LogP contribution in [0.25, 0.3) is 17.0 Å². The van der Waals surface area contributed by atoms with Crippen molar-refractivity contribution >= 4 is 22.9 Å². The van der Waals surface area contributed by atoms with Crippen molar-refractivity contribution in [3.8, 4) is 11.5 Å². The number of amides is 1. The molecule has 202 valence electrons. The van der Waals surface area contributed by atoms with Gasteiger partial charge in [-0.2, -0.15) is 0 Å². The van der Waals surface area contributed by atoms with Gasteiger partial charge in [-0.15, -0.1) is 0 Å². The van der Waals surface area contributed by atoms with Crippen LogP contribution in [-0.2, 0) is 9.53 Å². The molecular formula is C28H30F2N2O6. The molecule has 1 unspecified atom stereocenters. The number of ether oxygens (including phenoxy) is 3. The van der Waals surface area contributed by atoms with Crippen LogP contribution >= 0.6 is 0 Å². The van der Waals surface area contributed by atoms with Crippen molar-refractivity contribution in [2.45, 2.75) is 43.6 Å². The van der Waals surface area contributed by atoms with Gasteiger partial charge in [0.2, 0.25) is 5.91 Å². The minimum Gasteiger partial charge on any atom is -0.497 e. The van der Waals surface area contributed by atoms with Crippen LogP contribution in [0.5, 0.6) is 11.5 Å². The Balaban J connectivity index is 1.40. The fourth-order valence-electron chi connectivity index (χ4n) is 4.39. The lowest BCUT2D eigenvalue weighted by Gasteiger charge is -2.37. The molecule has 0 saturated carbocycles. The summed E-state index contributed by atoms with van der Waals surface area (Å²) in [6.07, 6.45) is 3.18. The van der Waals surface area contributed by atoms with Gasteiger partial charge in [-0.3, -0.25) is 9.78 Å². The fraction of sp³-hybridized carbons (Fsp3) is 0.357. The van der Waals surface area contributed by atoms with Crippen LogP contribution in [0.3, 0.4) is 0 Å². The molecule has 4 rings (SSSR count). The highest BCUT2D eigenvalue weighted by atomic mass is 19.1. The van der Waals surface area contributed by atoms with Gasteiger partial charge in [0, 0.05) is 29.6 Å². The van der Waals surface area contributed by atoms with E-state index in [0.29, 0.717) is 24.3 Å². The van der Waals surface area contributed by atoms with Gasteiger partial charge in [0.05, 0.1) is 43.6 Å². The lowest BCUT2D eigenvalue weighted by Crippen LogP contribution is -2.51. The molecule has 1 aliphatic heterocycles. The first-order valence-corrected chi connectivity index (χ1v) is 12.3. The topological polar surface area (TPSA) is 110 Å². The zero-order valence-electron chi connectivity index (χ0n) is 20.8. The van der Waals surface area contributed by atoms with Crippen LogP contribution in [-0.4, -0.2) is 65.8 Å². The summed E-state index contributed by atoms with van der Waals surface area (Å²) in [6.45, 7) is -0.229. The van der Waals surface area contributed by atoms with E-state index in [2.05, 4.69) is 10.3 Å². The lowest BCUT2D eigenvalue weighted by atomic mass is 9.94. The molecule has 1 amide bonds. The van der Waals surface area contributed by atoms with Crippen molar-refractivity contribution in [3.05, 3.63) is 71.9 Å². The third-order valence-electron chi connectivity index (χ3n) is 6.36. The van der Waals surface area contributed by atoms with Crippen molar-refractivity contribution < 1.29 is 38.0 Å². The number of rotatable bonds is 10. The molecule has 2 heterocycles. The molecular weight excluding hydrogens is 498 g/mol. The van der Waals surface area contributed by atoms with E-state index in [1.165, 1.54) is 6.08 Å². The Kier molecular flexibility index (Phi) is 9.22. The summed E-state index contributed by atoms with van der Waals surface area (Å²) in [5, 5.41) is 23.0. The number of nitrogens with one attached hydrogen (secondary N) is 1. The molecule has 0 radical (unpaired) electrons. The van der Waals surface area contributed by atoms with Crippen molar-refractivity contribution in [1.82, 2.24) is 10.3 Å². The third-order valence-corrected chi connectivity index (χ3v) is 6.36. The first-order valence-electron chi connectivity index (χ1n) is 12.3. The standard InChI is InChI=1S/C28H30F2N2O6/c1-36-20-4-7-24-22(14-20)26(10-11-31-24)37-16-21-5-8-25(27(38-21)13-19(34)15-33)32-28(35)9-2-17-12-18(29)3-6-23(17)30/h2-4,6-7,9-12,14,19,21,25,27,33-34H,5,8,13,15-16H2,1H3,(H,32,35)/t19?,21-,25+,27+/m0/s1. The zero-order valence-corrected chi connectivity index (χ0v) is 20.8. The van der Waals surface area contributed by atoms with Crippen molar-refractivity contribution in [1.29, 1.82) is 0 Å². The van der Waals surface area contributed by atoms with Crippen LogP contribution in [0.15, 0.2) is 54.7 Å². The number of aromatic nitrogens is 1. The molecule has 2 aromatic carbocycles. The van der Waals surface area contributed by atoms with Crippen LogP contribution in [0.2, 0.25) is 0 Å². The minimum atomic E-state index is -1.03. The van der Waals surface area contributed by atoms with Gasteiger partial charge < -0.3 is 29.7 Å². The summed E-state index contributed by atoms with van der Waals surface area (Å²) in [6, 6.07) is 9.78. The number of aliphatic hydroxyl groups excluding tert-OH is 2. The summed E-state index contributed by atoms with van der Waals surface area (Å²) in [5.41, 5.74) is 0.705. The number of fused-ring (bicyclic) bond motifs is 1. The van der Waals surface area contributed by atoms with Crippen molar-refractivity contribution in [2.75, 3.05) is 20.3 Å². The molecule has 1 aromatic heterocycles. The molecule has 3 N–H and O–H groups in total. The summed E-state index contributed by atoms with van der Waals surface area (Å²) < 4.78 is 44.8. The molecule has 4 atom stereocenters. The maximum absolute atomic E-state index is 13.8. The molecule has 1 fully saturated rings. The van der Waals surface area contributed by atoms with Gasteiger partial charge in [0.1, 0.15) is 29.7 Å². The van der Waals surface area contributed by atoms with Crippen LogP contribution < -0.4 is 14.8 Å². The number of nitrogens with zero attached hydrogens (tertiary/aromatic N) is 1. The minimum absolute atomic E-state index is 0.0502. The summed E-state index contributed by atoms with van der Waals surface area (Å²) >= 11 is 0. The van der Waals surface area contributed by atoms with Crippen LogP contribution in [0, 0.1) is 11.6 Å². The average molecular weight is 529 g/mol. The molecule has 1 saturated heterocycles. The average Bonchev–Trinajstić information content (AvgIpc) is 2.93.